The van der Waals surface area contributed by atoms with Gasteiger partial charge >= 0.3 is 0 Å². The van der Waals surface area contributed by atoms with Gasteiger partial charge in [0.15, 0.2) is 0 Å². The van der Waals surface area contributed by atoms with E-state index in [1.165, 1.54) is 11.8 Å². The number of pyridine rings is 1. The topological polar surface area (TPSA) is 95.4 Å². The summed E-state index contributed by atoms with van der Waals surface area (Å²) in [4.78, 5) is 22.8. The Balaban J connectivity index is 2.68. The molecule has 6 nitrogen and oxygen atoms in total. The van der Waals surface area contributed by atoms with Gasteiger partial charge in [-0.3, -0.25) is 9.79 Å². The van der Waals surface area contributed by atoms with Crippen LogP contribution in [0.25, 0.3) is 0 Å². The van der Waals surface area contributed by atoms with Crippen molar-refractivity contribution in [3.05, 3.63) is 52.6 Å². The molecule has 0 aliphatic carbocycles. The Bertz CT molecular complexity index is 887. The Morgan fingerprint density at radius 1 is 1.41 bits per heavy atom. The molecule has 140 valence electrons. The molecule has 0 fully saturated rings. The lowest BCUT2D eigenvalue weighted by molar-refractivity contribution is -0.117. The fourth-order valence-corrected chi connectivity index (χ4v) is 3.88. The fraction of sp³-hybridized carbons (Fsp3) is 0.300. The van der Waals surface area contributed by atoms with Crippen LogP contribution >= 0.6 is 11.8 Å². The molecule has 1 aromatic carbocycles. The summed E-state index contributed by atoms with van der Waals surface area (Å²) >= 11 is 1.28. The van der Waals surface area contributed by atoms with E-state index in [1.54, 1.807) is 18.2 Å². The number of amides is 1. The van der Waals surface area contributed by atoms with Gasteiger partial charge in [-0.25, -0.2) is 4.98 Å². The Hall–Kier alpha value is -2.85. The van der Waals surface area contributed by atoms with E-state index >= 15 is 0 Å². The van der Waals surface area contributed by atoms with E-state index in [0.29, 0.717) is 22.8 Å². The normalized spacial score (nSPS) is 12.0. The highest BCUT2D eigenvalue weighted by molar-refractivity contribution is 8.00. The van der Waals surface area contributed by atoms with Gasteiger partial charge in [0.2, 0.25) is 5.91 Å². The maximum atomic E-state index is 12.1. The number of anilines is 1. The molecule has 2 rings (SSSR count). The molecule has 1 amide bonds. The van der Waals surface area contributed by atoms with E-state index in [1.807, 2.05) is 51.4 Å². The highest BCUT2D eigenvalue weighted by atomic mass is 32.2. The summed E-state index contributed by atoms with van der Waals surface area (Å²) in [6.45, 7) is 1.99. The number of nitrogens with zero attached hydrogens (tertiary/aromatic N) is 4. The van der Waals surface area contributed by atoms with Crippen LogP contribution < -0.4 is 10.6 Å². The van der Waals surface area contributed by atoms with Gasteiger partial charge in [0.1, 0.15) is 22.2 Å². The van der Waals surface area contributed by atoms with E-state index in [0.717, 1.165) is 16.7 Å². The standard InChI is InChI=1S/C20H23N5OS/c1-5-14-15(11-21)19(25(3)4)24-20(16(14)12-23-2)27-17(18(22)26)13-9-7-6-8-10-13/h6-10,12,17H,5H2,1-4H3,(H2,22,26)/b23-12+/t17-/m1/s1. The molecule has 1 heterocycles. The Morgan fingerprint density at radius 2 is 2.07 bits per heavy atom. The van der Waals surface area contributed by atoms with Crippen LogP contribution in [0.4, 0.5) is 5.82 Å². The minimum absolute atomic E-state index is 0.443. The van der Waals surface area contributed by atoms with Gasteiger partial charge in [0.05, 0.1) is 5.56 Å². The summed E-state index contributed by atoms with van der Waals surface area (Å²) in [5.74, 6) is 0.127. The number of thioether (sulfide) groups is 1. The number of hydrogen-bond donors (Lipinski definition) is 1. The van der Waals surface area contributed by atoms with Crippen molar-refractivity contribution >= 4 is 29.7 Å². The highest BCUT2D eigenvalue weighted by Crippen LogP contribution is 2.38. The molecular weight excluding hydrogens is 358 g/mol. The summed E-state index contributed by atoms with van der Waals surface area (Å²) in [6, 6.07) is 11.6. The Morgan fingerprint density at radius 3 is 2.56 bits per heavy atom. The van der Waals surface area contributed by atoms with Crippen molar-refractivity contribution in [3.8, 4) is 6.07 Å². The summed E-state index contributed by atoms with van der Waals surface area (Å²) in [7, 11) is 5.35. The maximum Gasteiger partial charge on any atom is 0.235 e. The molecule has 0 radical (unpaired) electrons. The first-order chi connectivity index (χ1) is 12.9. The Kier molecular flexibility index (Phi) is 6.97. The van der Waals surface area contributed by atoms with Crippen LogP contribution in [0.1, 0.15) is 34.4 Å². The van der Waals surface area contributed by atoms with Crippen molar-refractivity contribution in [1.29, 1.82) is 5.26 Å². The Labute approximate surface area is 164 Å². The molecule has 0 saturated carbocycles. The van der Waals surface area contributed by atoms with Crippen LogP contribution in [0.5, 0.6) is 0 Å². The molecule has 0 spiro atoms. The minimum atomic E-state index is -0.588. The van der Waals surface area contributed by atoms with E-state index < -0.39 is 11.2 Å². The summed E-state index contributed by atoms with van der Waals surface area (Å²) in [6.07, 6.45) is 2.34. The van der Waals surface area contributed by atoms with E-state index in [9.17, 15) is 10.1 Å². The molecule has 2 N–H and O–H groups in total. The molecule has 2 aromatic rings. The van der Waals surface area contributed by atoms with Crippen LogP contribution in [-0.2, 0) is 11.2 Å². The number of nitriles is 1. The van der Waals surface area contributed by atoms with Crippen molar-refractivity contribution in [2.75, 3.05) is 26.0 Å². The largest absolute Gasteiger partial charge is 0.368 e. The second kappa shape index (κ2) is 9.19. The van der Waals surface area contributed by atoms with Gasteiger partial charge < -0.3 is 10.6 Å². The zero-order chi connectivity index (χ0) is 20.0. The molecule has 0 aliphatic rings. The quantitative estimate of drug-likeness (QED) is 0.588. The SMILES string of the molecule is CCc1c(C#N)c(N(C)C)nc(S[C@@H](C(N)=O)c2ccccc2)c1/C=N/C. The minimum Gasteiger partial charge on any atom is -0.368 e. The lowest BCUT2D eigenvalue weighted by Crippen LogP contribution is -2.20. The zero-order valence-corrected chi connectivity index (χ0v) is 16.7. The fourth-order valence-electron chi connectivity index (χ4n) is 2.80. The van der Waals surface area contributed by atoms with Crippen molar-refractivity contribution < 1.29 is 4.79 Å². The van der Waals surface area contributed by atoms with E-state index in [2.05, 4.69) is 16.0 Å². The highest BCUT2D eigenvalue weighted by Gasteiger charge is 2.25. The number of nitrogens with two attached hydrogens (primary N) is 1. The summed E-state index contributed by atoms with van der Waals surface area (Å²) in [5, 5.41) is 9.71. The second-order valence-corrected chi connectivity index (χ2v) is 7.16. The van der Waals surface area contributed by atoms with Gasteiger partial charge in [-0.15, -0.1) is 0 Å². The third kappa shape index (κ3) is 4.47. The van der Waals surface area contributed by atoms with Gasteiger partial charge in [-0.2, -0.15) is 5.26 Å². The molecule has 7 heteroatoms. The predicted molar refractivity (Wildman–Crippen MR) is 110 cm³/mol. The molecule has 0 unspecified atom stereocenters. The van der Waals surface area contributed by atoms with Gasteiger partial charge in [0, 0.05) is 32.9 Å². The van der Waals surface area contributed by atoms with Crippen molar-refractivity contribution in [2.45, 2.75) is 23.6 Å². The average molecular weight is 382 g/mol. The number of hydrogen-bond acceptors (Lipinski definition) is 6. The zero-order valence-electron chi connectivity index (χ0n) is 15.9. The maximum absolute atomic E-state index is 12.1. The third-order valence-electron chi connectivity index (χ3n) is 4.03. The molecule has 1 aromatic heterocycles. The summed E-state index contributed by atoms with van der Waals surface area (Å²) in [5.41, 5.74) is 8.64. The van der Waals surface area contributed by atoms with Crippen LogP contribution in [-0.4, -0.2) is 38.2 Å². The van der Waals surface area contributed by atoms with Crippen molar-refractivity contribution in [1.82, 2.24) is 4.98 Å². The molecule has 27 heavy (non-hydrogen) atoms. The summed E-state index contributed by atoms with van der Waals surface area (Å²) < 4.78 is 0. The second-order valence-electron chi connectivity index (χ2n) is 6.07. The molecule has 0 bridgehead atoms. The van der Waals surface area contributed by atoms with Crippen molar-refractivity contribution in [3.63, 3.8) is 0 Å². The number of aromatic nitrogens is 1. The first kappa shape index (κ1) is 20.5. The van der Waals surface area contributed by atoms with Crippen LogP contribution in [0.15, 0.2) is 40.4 Å². The number of aliphatic imine (C=N–C) groups is 1. The number of rotatable bonds is 7. The number of benzene rings is 1. The van der Waals surface area contributed by atoms with Crippen LogP contribution in [0.2, 0.25) is 0 Å². The lowest BCUT2D eigenvalue weighted by Gasteiger charge is -2.21. The molecule has 1 atom stereocenters. The van der Waals surface area contributed by atoms with E-state index in [4.69, 9.17) is 5.73 Å². The first-order valence-electron chi connectivity index (χ1n) is 8.51. The third-order valence-corrected chi connectivity index (χ3v) is 5.30. The molecular formula is C20H23N5OS. The molecule has 0 saturated heterocycles. The molecule has 0 aliphatic heterocycles. The first-order valence-corrected chi connectivity index (χ1v) is 9.39. The number of carbonyl (C=O) groups excluding carboxylic acids is 1. The smallest absolute Gasteiger partial charge is 0.235 e. The van der Waals surface area contributed by atoms with E-state index in [-0.39, 0.29) is 0 Å². The average Bonchev–Trinajstić information content (AvgIpc) is 2.66. The van der Waals surface area contributed by atoms with Gasteiger partial charge in [-0.05, 0) is 17.5 Å². The number of primary amides is 1. The van der Waals surface area contributed by atoms with Gasteiger partial charge in [0.25, 0.3) is 0 Å². The number of carbonyl (C=O) groups is 1. The van der Waals surface area contributed by atoms with Crippen LogP contribution in [0, 0.1) is 11.3 Å². The van der Waals surface area contributed by atoms with Gasteiger partial charge in [-0.1, -0.05) is 49.0 Å². The monoisotopic (exact) mass is 381 g/mol. The van der Waals surface area contributed by atoms with Crippen molar-refractivity contribution in [2.24, 2.45) is 10.7 Å². The van der Waals surface area contributed by atoms with Crippen LogP contribution in [0.3, 0.4) is 0 Å². The predicted octanol–water partition coefficient (Wildman–Crippen LogP) is 2.95. The lowest BCUT2D eigenvalue weighted by atomic mass is 10.0.